The van der Waals surface area contributed by atoms with E-state index in [1.54, 1.807) is 18.2 Å². The molecule has 1 heterocycles. The lowest BCUT2D eigenvalue weighted by atomic mass is 10.1. The summed E-state index contributed by atoms with van der Waals surface area (Å²) in [6.45, 7) is 3.90. The minimum absolute atomic E-state index is 0.00301. The number of nitrogens with zero attached hydrogens (tertiary/aromatic N) is 3. The Labute approximate surface area is 140 Å². The molecule has 0 fully saturated rings. The van der Waals surface area contributed by atoms with Crippen LogP contribution in [0.2, 0.25) is 0 Å². The predicted molar refractivity (Wildman–Crippen MR) is 88.6 cm³/mol. The zero-order chi connectivity index (χ0) is 17.5. The molecule has 130 valence electrons. The average Bonchev–Trinajstić information content (AvgIpc) is 2.99. The number of carbonyl (C=O) groups excluding carboxylic acids is 1. The Morgan fingerprint density at radius 1 is 1.38 bits per heavy atom. The summed E-state index contributed by atoms with van der Waals surface area (Å²) in [5, 5.41) is 16.0. The Morgan fingerprint density at radius 3 is 2.75 bits per heavy atom. The smallest absolute Gasteiger partial charge is 0.291 e. The normalized spacial score (nSPS) is 12.2. The van der Waals surface area contributed by atoms with E-state index in [2.05, 4.69) is 15.4 Å². The van der Waals surface area contributed by atoms with Crippen LogP contribution in [0.5, 0.6) is 0 Å². The number of aromatic nitrogens is 3. The summed E-state index contributed by atoms with van der Waals surface area (Å²) >= 11 is 0. The van der Waals surface area contributed by atoms with Crippen molar-refractivity contribution >= 4 is 5.91 Å². The molecule has 2 rings (SSSR count). The molecule has 1 amide bonds. The molecule has 24 heavy (non-hydrogen) atoms. The molecule has 1 aromatic carbocycles. The maximum atomic E-state index is 14.1. The molecule has 0 aliphatic heterocycles. The highest BCUT2D eigenvalue weighted by Crippen LogP contribution is 2.15. The number of aliphatic hydroxyl groups excluding tert-OH is 1. The Kier molecular flexibility index (Phi) is 6.43. The van der Waals surface area contributed by atoms with E-state index >= 15 is 0 Å². The second-order valence-corrected chi connectivity index (χ2v) is 5.56. The van der Waals surface area contributed by atoms with Crippen molar-refractivity contribution in [2.75, 3.05) is 6.61 Å². The Bertz CT molecular complexity index is 687. The minimum atomic E-state index is -0.418. The molecule has 2 N–H and O–H groups in total. The fraction of sp³-hybridized carbons (Fsp3) is 0.471. The summed E-state index contributed by atoms with van der Waals surface area (Å²) in [6, 6.07) is 6.12. The van der Waals surface area contributed by atoms with Gasteiger partial charge in [0.05, 0.1) is 0 Å². The Morgan fingerprint density at radius 2 is 2.12 bits per heavy atom. The van der Waals surface area contributed by atoms with Gasteiger partial charge in [0.1, 0.15) is 17.3 Å². The molecule has 0 bridgehead atoms. The van der Waals surface area contributed by atoms with Crippen LogP contribution in [0, 0.1) is 5.82 Å². The molecule has 1 atom stereocenters. The van der Waals surface area contributed by atoms with Gasteiger partial charge in [-0.3, -0.25) is 4.79 Å². The van der Waals surface area contributed by atoms with Crippen LogP contribution in [0.25, 0.3) is 5.69 Å². The van der Waals surface area contributed by atoms with Gasteiger partial charge < -0.3 is 10.4 Å². The second-order valence-electron chi connectivity index (χ2n) is 5.56. The van der Waals surface area contributed by atoms with E-state index in [9.17, 15) is 9.18 Å². The molecule has 0 spiro atoms. The van der Waals surface area contributed by atoms with Crippen LogP contribution in [0.3, 0.4) is 0 Å². The van der Waals surface area contributed by atoms with Gasteiger partial charge in [0.15, 0.2) is 0 Å². The third kappa shape index (κ3) is 4.17. The maximum Gasteiger partial charge on any atom is 0.291 e. The monoisotopic (exact) mass is 334 g/mol. The molecule has 1 unspecified atom stereocenters. The Balaban J connectivity index is 2.31. The highest BCUT2D eigenvalue weighted by molar-refractivity contribution is 5.90. The highest BCUT2D eigenvalue weighted by atomic mass is 19.1. The lowest BCUT2D eigenvalue weighted by Gasteiger charge is -2.13. The van der Waals surface area contributed by atoms with Gasteiger partial charge in [-0.2, -0.15) is 0 Å². The van der Waals surface area contributed by atoms with Gasteiger partial charge in [-0.25, -0.2) is 14.1 Å². The molecule has 1 aromatic heterocycles. The predicted octanol–water partition coefficient (Wildman–Crippen LogP) is 2.25. The molecule has 0 radical (unpaired) electrons. The summed E-state index contributed by atoms with van der Waals surface area (Å²) in [5.74, 6) is -0.276. The van der Waals surface area contributed by atoms with E-state index < -0.39 is 11.7 Å². The number of hydrogen-bond acceptors (Lipinski definition) is 4. The van der Waals surface area contributed by atoms with Crippen LogP contribution in [-0.2, 0) is 6.42 Å². The van der Waals surface area contributed by atoms with E-state index in [1.165, 1.54) is 10.7 Å². The lowest BCUT2D eigenvalue weighted by Crippen LogP contribution is -2.35. The maximum absolute atomic E-state index is 14.1. The third-order valence-corrected chi connectivity index (χ3v) is 3.74. The largest absolute Gasteiger partial charge is 0.396 e. The number of amides is 1. The number of halogens is 1. The van der Waals surface area contributed by atoms with Crippen molar-refractivity contribution in [3.8, 4) is 5.69 Å². The van der Waals surface area contributed by atoms with E-state index in [0.29, 0.717) is 25.1 Å². The van der Waals surface area contributed by atoms with Gasteiger partial charge >= 0.3 is 0 Å². The summed E-state index contributed by atoms with van der Waals surface area (Å²) in [5.41, 5.74) is 0.273. The molecular weight excluding hydrogens is 311 g/mol. The van der Waals surface area contributed by atoms with Gasteiger partial charge in [-0.1, -0.05) is 26.0 Å². The first-order valence-corrected chi connectivity index (χ1v) is 8.23. The van der Waals surface area contributed by atoms with E-state index in [-0.39, 0.29) is 24.2 Å². The van der Waals surface area contributed by atoms with Gasteiger partial charge in [0, 0.05) is 19.1 Å². The summed E-state index contributed by atoms with van der Waals surface area (Å²) in [6.07, 6.45) is 2.55. The summed E-state index contributed by atoms with van der Waals surface area (Å²) < 4.78 is 15.4. The number of para-hydroxylation sites is 1. The van der Waals surface area contributed by atoms with E-state index in [0.717, 1.165) is 6.42 Å². The van der Waals surface area contributed by atoms with Gasteiger partial charge in [-0.15, -0.1) is 5.10 Å². The van der Waals surface area contributed by atoms with Crippen molar-refractivity contribution in [3.05, 3.63) is 41.7 Å². The highest BCUT2D eigenvalue weighted by Gasteiger charge is 2.20. The van der Waals surface area contributed by atoms with E-state index in [1.807, 2.05) is 13.8 Å². The third-order valence-electron chi connectivity index (χ3n) is 3.74. The van der Waals surface area contributed by atoms with Crippen molar-refractivity contribution in [3.63, 3.8) is 0 Å². The minimum Gasteiger partial charge on any atom is -0.396 e. The van der Waals surface area contributed by atoms with Crippen LogP contribution in [0.4, 0.5) is 4.39 Å². The number of nitrogens with one attached hydrogen (secondary N) is 1. The van der Waals surface area contributed by atoms with Crippen molar-refractivity contribution < 1.29 is 14.3 Å². The first-order valence-electron chi connectivity index (χ1n) is 8.23. The zero-order valence-electron chi connectivity index (χ0n) is 14.0. The standard InChI is InChI=1S/C17H23FN4O2/c1-3-7-15-20-16(17(24)19-12(4-2)10-11-23)21-22(15)14-9-6-5-8-13(14)18/h5-6,8-9,12,23H,3-4,7,10-11H2,1-2H3,(H,19,24). The first kappa shape index (κ1) is 18.1. The average molecular weight is 334 g/mol. The van der Waals surface area contributed by atoms with Crippen LogP contribution in [0.15, 0.2) is 24.3 Å². The molecule has 0 saturated heterocycles. The van der Waals surface area contributed by atoms with Crippen molar-refractivity contribution in [1.82, 2.24) is 20.1 Å². The number of rotatable bonds is 8. The number of aliphatic hydroxyl groups is 1. The molecule has 6 nitrogen and oxygen atoms in total. The quantitative estimate of drug-likeness (QED) is 0.776. The SMILES string of the molecule is CCCc1nc(C(=O)NC(CC)CCO)nn1-c1ccccc1F. The number of benzene rings is 1. The number of aryl methyl sites for hydroxylation is 1. The second kappa shape index (κ2) is 8.54. The Hall–Kier alpha value is -2.28. The van der Waals surface area contributed by atoms with Crippen molar-refractivity contribution in [2.45, 2.75) is 45.6 Å². The number of carbonyl (C=O) groups is 1. The zero-order valence-corrected chi connectivity index (χ0v) is 14.0. The van der Waals surface area contributed by atoms with Gasteiger partial charge in [0.2, 0.25) is 5.82 Å². The van der Waals surface area contributed by atoms with Gasteiger partial charge in [-0.05, 0) is 31.4 Å². The van der Waals surface area contributed by atoms with Crippen molar-refractivity contribution in [2.24, 2.45) is 0 Å². The molecule has 2 aromatic rings. The molecule has 0 aliphatic rings. The van der Waals surface area contributed by atoms with Crippen molar-refractivity contribution in [1.29, 1.82) is 0 Å². The fourth-order valence-electron chi connectivity index (χ4n) is 2.43. The topological polar surface area (TPSA) is 80.0 Å². The fourth-order valence-corrected chi connectivity index (χ4v) is 2.43. The first-order chi connectivity index (χ1) is 11.6. The molecule has 0 saturated carbocycles. The van der Waals surface area contributed by atoms with Crippen LogP contribution < -0.4 is 5.32 Å². The van der Waals surface area contributed by atoms with Crippen LogP contribution in [0.1, 0.15) is 49.6 Å². The summed E-state index contributed by atoms with van der Waals surface area (Å²) in [4.78, 5) is 16.6. The summed E-state index contributed by atoms with van der Waals surface area (Å²) in [7, 11) is 0. The molecule has 7 heteroatoms. The molecule has 0 aliphatic carbocycles. The van der Waals surface area contributed by atoms with Crippen LogP contribution >= 0.6 is 0 Å². The lowest BCUT2D eigenvalue weighted by molar-refractivity contribution is 0.0918. The number of hydrogen-bond donors (Lipinski definition) is 2. The van der Waals surface area contributed by atoms with Gasteiger partial charge in [0.25, 0.3) is 5.91 Å². The van der Waals surface area contributed by atoms with E-state index in [4.69, 9.17) is 5.11 Å². The molecular formula is C17H23FN4O2. The van der Waals surface area contributed by atoms with Crippen LogP contribution in [-0.4, -0.2) is 38.4 Å².